The highest BCUT2D eigenvalue weighted by atomic mass is 32.2. The highest BCUT2D eigenvalue weighted by molar-refractivity contribution is 7.89. The van der Waals surface area contributed by atoms with E-state index >= 15 is 0 Å². The Morgan fingerprint density at radius 3 is 2.67 bits per heavy atom. The standard InChI is InChI=1S/C12H19N3O2S/c1-2-15(10-5-3-4-6-10)18(16,17)12-9-14-8-7-11(12)13/h7-10H,2-6H2,1H3,(H2,13,14). The predicted octanol–water partition coefficient (Wildman–Crippen LogP) is 1.62. The molecule has 6 heteroatoms. The first-order valence-electron chi connectivity index (χ1n) is 6.28. The first kappa shape index (κ1) is 13.3. The van der Waals surface area contributed by atoms with Gasteiger partial charge >= 0.3 is 0 Å². The third-order valence-corrected chi connectivity index (χ3v) is 5.52. The van der Waals surface area contributed by atoms with E-state index in [0.29, 0.717) is 6.54 Å². The maximum absolute atomic E-state index is 12.6. The number of hydrogen-bond acceptors (Lipinski definition) is 4. The Hall–Kier alpha value is -1.14. The van der Waals surface area contributed by atoms with Crippen molar-refractivity contribution in [1.82, 2.24) is 9.29 Å². The normalized spacial score (nSPS) is 17.4. The van der Waals surface area contributed by atoms with E-state index in [1.807, 2.05) is 6.92 Å². The molecule has 0 atom stereocenters. The number of anilines is 1. The summed E-state index contributed by atoms with van der Waals surface area (Å²) in [6.45, 7) is 2.34. The highest BCUT2D eigenvalue weighted by Gasteiger charge is 2.33. The van der Waals surface area contributed by atoms with Crippen LogP contribution in [-0.2, 0) is 10.0 Å². The van der Waals surface area contributed by atoms with E-state index in [1.54, 1.807) is 4.31 Å². The van der Waals surface area contributed by atoms with Gasteiger partial charge in [-0.05, 0) is 18.9 Å². The van der Waals surface area contributed by atoms with Crippen LogP contribution in [0.4, 0.5) is 5.69 Å². The number of nitrogen functional groups attached to an aromatic ring is 1. The minimum atomic E-state index is -3.52. The van der Waals surface area contributed by atoms with Gasteiger partial charge in [0.15, 0.2) is 0 Å². The van der Waals surface area contributed by atoms with Crippen molar-refractivity contribution in [3.63, 3.8) is 0 Å². The van der Waals surface area contributed by atoms with E-state index in [9.17, 15) is 8.42 Å². The Morgan fingerprint density at radius 1 is 1.44 bits per heavy atom. The molecule has 1 aromatic rings. The van der Waals surface area contributed by atoms with Crippen LogP contribution in [0.1, 0.15) is 32.6 Å². The minimum Gasteiger partial charge on any atom is -0.398 e. The van der Waals surface area contributed by atoms with Crippen molar-refractivity contribution in [2.24, 2.45) is 0 Å². The quantitative estimate of drug-likeness (QED) is 0.901. The Bertz CT molecular complexity index is 510. The monoisotopic (exact) mass is 269 g/mol. The summed E-state index contributed by atoms with van der Waals surface area (Å²) in [5, 5.41) is 0. The SMILES string of the molecule is CCN(C1CCCC1)S(=O)(=O)c1cnccc1N. The van der Waals surface area contributed by atoms with Crippen molar-refractivity contribution in [3.8, 4) is 0 Å². The third-order valence-electron chi connectivity index (χ3n) is 3.45. The van der Waals surface area contributed by atoms with Gasteiger partial charge in [0.25, 0.3) is 0 Å². The number of rotatable bonds is 4. The zero-order valence-corrected chi connectivity index (χ0v) is 11.4. The average molecular weight is 269 g/mol. The summed E-state index contributed by atoms with van der Waals surface area (Å²) in [5.74, 6) is 0. The molecule has 5 nitrogen and oxygen atoms in total. The lowest BCUT2D eigenvalue weighted by molar-refractivity contribution is 0.335. The molecule has 2 rings (SSSR count). The van der Waals surface area contributed by atoms with Crippen LogP contribution in [0.3, 0.4) is 0 Å². The second kappa shape index (κ2) is 5.24. The second-order valence-electron chi connectivity index (χ2n) is 4.56. The zero-order valence-electron chi connectivity index (χ0n) is 10.5. The van der Waals surface area contributed by atoms with Crippen LogP contribution in [0.5, 0.6) is 0 Å². The topological polar surface area (TPSA) is 76.3 Å². The van der Waals surface area contributed by atoms with Crippen LogP contribution in [0, 0.1) is 0 Å². The van der Waals surface area contributed by atoms with Gasteiger partial charge in [0.1, 0.15) is 4.90 Å². The largest absolute Gasteiger partial charge is 0.398 e. The number of nitrogens with two attached hydrogens (primary N) is 1. The minimum absolute atomic E-state index is 0.111. The predicted molar refractivity (Wildman–Crippen MR) is 70.5 cm³/mol. The van der Waals surface area contributed by atoms with Crippen LogP contribution in [0.2, 0.25) is 0 Å². The summed E-state index contributed by atoms with van der Waals surface area (Å²) < 4.78 is 26.7. The molecule has 0 unspecified atom stereocenters. The second-order valence-corrected chi connectivity index (χ2v) is 6.42. The van der Waals surface area contributed by atoms with Gasteiger partial charge in [-0.15, -0.1) is 0 Å². The first-order chi connectivity index (χ1) is 8.57. The maximum atomic E-state index is 12.6. The molecule has 1 aliphatic rings. The molecule has 1 fully saturated rings. The van der Waals surface area contributed by atoms with Crippen LogP contribution in [-0.4, -0.2) is 30.3 Å². The van der Waals surface area contributed by atoms with E-state index in [-0.39, 0.29) is 16.6 Å². The number of hydrogen-bond donors (Lipinski definition) is 1. The fourth-order valence-electron chi connectivity index (χ4n) is 2.55. The molecule has 0 amide bonds. The van der Waals surface area contributed by atoms with Crippen molar-refractivity contribution in [3.05, 3.63) is 18.5 Å². The lowest BCUT2D eigenvalue weighted by Crippen LogP contribution is -2.38. The summed E-state index contributed by atoms with van der Waals surface area (Å²) in [6.07, 6.45) is 6.90. The Labute approximate surface area is 108 Å². The molecular formula is C12H19N3O2S. The summed E-state index contributed by atoms with van der Waals surface area (Å²) in [7, 11) is -3.52. The summed E-state index contributed by atoms with van der Waals surface area (Å²) >= 11 is 0. The molecule has 0 spiro atoms. The van der Waals surface area contributed by atoms with E-state index in [4.69, 9.17) is 5.73 Å². The molecule has 2 N–H and O–H groups in total. The Morgan fingerprint density at radius 2 is 2.11 bits per heavy atom. The lowest BCUT2D eigenvalue weighted by Gasteiger charge is -2.27. The van der Waals surface area contributed by atoms with Gasteiger partial charge < -0.3 is 5.73 Å². The van der Waals surface area contributed by atoms with Crippen LogP contribution in [0.15, 0.2) is 23.4 Å². The van der Waals surface area contributed by atoms with Crippen molar-refractivity contribution in [1.29, 1.82) is 0 Å². The molecule has 1 aromatic heterocycles. The maximum Gasteiger partial charge on any atom is 0.246 e. The van der Waals surface area contributed by atoms with Crippen LogP contribution in [0.25, 0.3) is 0 Å². The molecule has 100 valence electrons. The first-order valence-corrected chi connectivity index (χ1v) is 7.72. The van der Waals surface area contributed by atoms with Gasteiger partial charge in [0.05, 0.1) is 5.69 Å². The molecule has 1 saturated carbocycles. The van der Waals surface area contributed by atoms with E-state index in [0.717, 1.165) is 25.7 Å². The molecular weight excluding hydrogens is 250 g/mol. The van der Waals surface area contributed by atoms with Crippen molar-refractivity contribution < 1.29 is 8.42 Å². The molecule has 0 radical (unpaired) electrons. The van der Waals surface area contributed by atoms with Crippen LogP contribution < -0.4 is 5.73 Å². The Kier molecular flexibility index (Phi) is 3.87. The molecule has 0 saturated heterocycles. The number of nitrogens with zero attached hydrogens (tertiary/aromatic N) is 2. The highest BCUT2D eigenvalue weighted by Crippen LogP contribution is 2.29. The fourth-order valence-corrected chi connectivity index (χ4v) is 4.31. The van der Waals surface area contributed by atoms with E-state index in [2.05, 4.69) is 4.98 Å². The molecule has 0 aromatic carbocycles. The van der Waals surface area contributed by atoms with Crippen LogP contribution >= 0.6 is 0 Å². The lowest BCUT2D eigenvalue weighted by atomic mass is 10.2. The zero-order chi connectivity index (χ0) is 13.2. The molecule has 1 aliphatic carbocycles. The Balaban J connectivity index is 2.37. The molecule has 0 aliphatic heterocycles. The molecule has 18 heavy (non-hydrogen) atoms. The van der Waals surface area contributed by atoms with Gasteiger partial charge in [-0.2, -0.15) is 4.31 Å². The van der Waals surface area contributed by atoms with Gasteiger partial charge in [-0.3, -0.25) is 4.98 Å². The number of pyridine rings is 1. The van der Waals surface area contributed by atoms with Crippen molar-refractivity contribution in [2.75, 3.05) is 12.3 Å². The van der Waals surface area contributed by atoms with E-state index in [1.165, 1.54) is 18.5 Å². The van der Waals surface area contributed by atoms with E-state index < -0.39 is 10.0 Å². The van der Waals surface area contributed by atoms with Gasteiger partial charge in [-0.25, -0.2) is 8.42 Å². The van der Waals surface area contributed by atoms with Crippen molar-refractivity contribution in [2.45, 2.75) is 43.5 Å². The van der Waals surface area contributed by atoms with Gasteiger partial charge in [-0.1, -0.05) is 19.8 Å². The van der Waals surface area contributed by atoms with Crippen molar-refractivity contribution >= 4 is 15.7 Å². The van der Waals surface area contributed by atoms with Gasteiger partial charge in [0.2, 0.25) is 10.0 Å². The average Bonchev–Trinajstić information content (AvgIpc) is 2.83. The molecule has 0 bridgehead atoms. The summed E-state index contributed by atoms with van der Waals surface area (Å²) in [4.78, 5) is 3.99. The summed E-state index contributed by atoms with van der Waals surface area (Å²) in [5.41, 5.74) is 6.02. The number of sulfonamides is 1. The number of aromatic nitrogens is 1. The smallest absolute Gasteiger partial charge is 0.246 e. The molecule has 1 heterocycles. The van der Waals surface area contributed by atoms with Gasteiger partial charge in [0, 0.05) is 25.0 Å². The summed E-state index contributed by atoms with van der Waals surface area (Å²) in [6, 6.07) is 1.63. The third kappa shape index (κ3) is 2.35. The fraction of sp³-hybridized carbons (Fsp3) is 0.583.